The maximum Gasteiger partial charge on any atom is 0.258 e. The Morgan fingerprint density at radius 2 is 1.92 bits per heavy atom. The highest BCUT2D eigenvalue weighted by Gasteiger charge is 2.40. The SMILES string of the molecule is O=S(=O)(C1CC1)n1nccc1N1CCC[C@@H]1c1cc(F)ccc1F. The summed E-state index contributed by atoms with van der Waals surface area (Å²) in [6, 6.07) is 4.61. The lowest BCUT2D eigenvalue weighted by Gasteiger charge is -2.27. The van der Waals surface area contributed by atoms with Crippen LogP contribution in [0.5, 0.6) is 0 Å². The minimum Gasteiger partial charge on any atom is -0.349 e. The maximum atomic E-state index is 14.2. The van der Waals surface area contributed by atoms with Crippen molar-refractivity contribution in [1.82, 2.24) is 9.19 Å². The van der Waals surface area contributed by atoms with Crippen LogP contribution in [-0.4, -0.2) is 29.4 Å². The van der Waals surface area contributed by atoms with Crippen molar-refractivity contribution in [2.75, 3.05) is 11.4 Å². The van der Waals surface area contributed by atoms with Crippen LogP contribution in [0.3, 0.4) is 0 Å². The van der Waals surface area contributed by atoms with Crippen LogP contribution in [0.1, 0.15) is 37.3 Å². The number of benzene rings is 1. The average molecular weight is 353 g/mol. The van der Waals surface area contributed by atoms with Crippen molar-refractivity contribution >= 4 is 15.8 Å². The van der Waals surface area contributed by atoms with E-state index >= 15 is 0 Å². The van der Waals surface area contributed by atoms with Crippen LogP contribution in [-0.2, 0) is 10.0 Å². The van der Waals surface area contributed by atoms with Crippen LogP contribution in [0, 0.1) is 11.6 Å². The standard InChI is InChI=1S/C16H17F2N3O2S/c17-11-3-6-14(18)13(10-11)15-2-1-9-20(15)16-7-8-19-21(16)24(22,23)12-4-5-12/h3,6-8,10,12,15H,1-2,4-5,9H2/t15-/m1/s1. The Hall–Kier alpha value is -1.96. The van der Waals surface area contributed by atoms with Crippen LogP contribution in [0.15, 0.2) is 30.5 Å². The van der Waals surface area contributed by atoms with E-state index in [1.165, 1.54) is 12.3 Å². The first-order chi connectivity index (χ1) is 11.5. The van der Waals surface area contributed by atoms with Gasteiger partial charge in [0, 0.05) is 18.2 Å². The summed E-state index contributed by atoms with van der Waals surface area (Å²) in [7, 11) is -3.52. The van der Waals surface area contributed by atoms with E-state index in [9.17, 15) is 17.2 Å². The fraction of sp³-hybridized carbons (Fsp3) is 0.438. The minimum atomic E-state index is -3.52. The van der Waals surface area contributed by atoms with E-state index in [4.69, 9.17) is 0 Å². The summed E-state index contributed by atoms with van der Waals surface area (Å²) < 4.78 is 53.9. The van der Waals surface area contributed by atoms with Gasteiger partial charge in [-0.3, -0.25) is 0 Å². The molecule has 1 atom stereocenters. The fourth-order valence-corrected chi connectivity index (χ4v) is 4.95. The lowest BCUT2D eigenvalue weighted by atomic mass is 10.0. The molecule has 1 saturated carbocycles. The highest BCUT2D eigenvalue weighted by Crippen LogP contribution is 2.39. The number of aromatic nitrogens is 2. The molecule has 5 nitrogen and oxygen atoms in total. The van der Waals surface area contributed by atoms with Gasteiger partial charge in [0.2, 0.25) is 0 Å². The summed E-state index contributed by atoms with van der Waals surface area (Å²) >= 11 is 0. The zero-order valence-corrected chi connectivity index (χ0v) is 13.7. The molecular formula is C16H17F2N3O2S. The summed E-state index contributed by atoms with van der Waals surface area (Å²) in [5.41, 5.74) is 0.254. The van der Waals surface area contributed by atoms with Crippen molar-refractivity contribution in [3.63, 3.8) is 0 Å². The first kappa shape index (κ1) is 15.6. The van der Waals surface area contributed by atoms with E-state index in [2.05, 4.69) is 5.10 Å². The highest BCUT2D eigenvalue weighted by atomic mass is 32.2. The number of hydrogen-bond acceptors (Lipinski definition) is 4. The molecule has 1 aliphatic carbocycles. The Bertz CT molecular complexity index is 877. The number of nitrogens with zero attached hydrogens (tertiary/aromatic N) is 3. The van der Waals surface area contributed by atoms with E-state index in [-0.39, 0.29) is 10.8 Å². The van der Waals surface area contributed by atoms with Gasteiger partial charge in [-0.2, -0.15) is 5.10 Å². The summed E-state index contributed by atoms with van der Waals surface area (Å²) in [4.78, 5) is 1.81. The summed E-state index contributed by atoms with van der Waals surface area (Å²) in [5.74, 6) is -0.560. The third kappa shape index (κ3) is 2.49. The Labute approximate surface area is 138 Å². The Kier molecular flexibility index (Phi) is 3.59. The molecule has 1 aromatic carbocycles. The molecule has 0 amide bonds. The second-order valence-electron chi connectivity index (χ2n) is 6.29. The van der Waals surface area contributed by atoms with E-state index in [1.807, 2.05) is 4.90 Å². The zero-order chi connectivity index (χ0) is 16.9. The molecule has 1 saturated heterocycles. The third-order valence-corrected chi connectivity index (χ3v) is 6.72. The van der Waals surface area contributed by atoms with Gasteiger partial charge in [-0.25, -0.2) is 17.2 Å². The van der Waals surface area contributed by atoms with Gasteiger partial charge in [0.05, 0.1) is 17.5 Å². The van der Waals surface area contributed by atoms with Gasteiger partial charge >= 0.3 is 0 Å². The predicted octanol–water partition coefficient (Wildman–Crippen LogP) is 2.84. The first-order valence-electron chi connectivity index (χ1n) is 7.98. The number of halogens is 2. The predicted molar refractivity (Wildman–Crippen MR) is 85.2 cm³/mol. The first-order valence-corrected chi connectivity index (χ1v) is 9.49. The summed E-state index contributed by atoms with van der Waals surface area (Å²) in [6.45, 7) is 0.576. The van der Waals surface area contributed by atoms with E-state index < -0.39 is 27.7 Å². The van der Waals surface area contributed by atoms with Crippen molar-refractivity contribution in [2.45, 2.75) is 37.0 Å². The molecule has 1 aromatic heterocycles. The quantitative estimate of drug-likeness (QED) is 0.848. The third-order valence-electron chi connectivity index (χ3n) is 4.64. The molecular weight excluding hydrogens is 336 g/mol. The Balaban J connectivity index is 1.74. The molecule has 24 heavy (non-hydrogen) atoms. The molecule has 0 radical (unpaired) electrons. The van der Waals surface area contributed by atoms with Crippen LogP contribution < -0.4 is 4.90 Å². The normalized spacial score (nSPS) is 21.4. The summed E-state index contributed by atoms with van der Waals surface area (Å²) in [5, 5.41) is 3.60. The van der Waals surface area contributed by atoms with Crippen molar-refractivity contribution in [3.8, 4) is 0 Å². The molecule has 1 aliphatic heterocycles. The van der Waals surface area contributed by atoms with Crippen LogP contribution >= 0.6 is 0 Å². The van der Waals surface area contributed by atoms with Gasteiger partial charge in [0.1, 0.15) is 17.5 Å². The molecule has 0 unspecified atom stereocenters. The van der Waals surface area contributed by atoms with Gasteiger partial charge in [0.15, 0.2) is 0 Å². The highest BCUT2D eigenvalue weighted by molar-refractivity contribution is 7.90. The monoisotopic (exact) mass is 353 g/mol. The second-order valence-corrected chi connectivity index (χ2v) is 8.34. The lowest BCUT2D eigenvalue weighted by molar-refractivity contribution is 0.556. The molecule has 2 aliphatic rings. The summed E-state index contributed by atoms with van der Waals surface area (Å²) in [6.07, 6.45) is 4.13. The molecule has 8 heteroatoms. The van der Waals surface area contributed by atoms with Gasteiger partial charge in [0.25, 0.3) is 10.0 Å². The topological polar surface area (TPSA) is 55.2 Å². The number of rotatable bonds is 4. The van der Waals surface area contributed by atoms with Gasteiger partial charge in [-0.15, -0.1) is 4.09 Å². The average Bonchev–Trinajstić information content (AvgIpc) is 3.11. The van der Waals surface area contributed by atoms with E-state index in [0.29, 0.717) is 31.6 Å². The molecule has 0 bridgehead atoms. The van der Waals surface area contributed by atoms with Crippen LogP contribution in [0.25, 0.3) is 0 Å². The second kappa shape index (κ2) is 5.54. The van der Waals surface area contributed by atoms with Crippen LogP contribution in [0.4, 0.5) is 14.6 Å². The van der Waals surface area contributed by atoms with E-state index in [1.54, 1.807) is 6.07 Å². The molecule has 0 spiro atoms. The Morgan fingerprint density at radius 1 is 1.12 bits per heavy atom. The molecule has 2 heterocycles. The zero-order valence-electron chi connectivity index (χ0n) is 12.9. The van der Waals surface area contributed by atoms with Crippen LogP contribution in [0.2, 0.25) is 0 Å². The lowest BCUT2D eigenvalue weighted by Crippen LogP contribution is -2.29. The maximum absolute atomic E-state index is 14.2. The fourth-order valence-electron chi connectivity index (χ4n) is 3.33. The van der Waals surface area contributed by atoms with Gasteiger partial charge in [-0.1, -0.05) is 0 Å². The van der Waals surface area contributed by atoms with Crippen molar-refractivity contribution < 1.29 is 17.2 Å². The van der Waals surface area contributed by atoms with Gasteiger partial charge < -0.3 is 4.90 Å². The van der Waals surface area contributed by atoms with Crippen molar-refractivity contribution in [1.29, 1.82) is 0 Å². The van der Waals surface area contributed by atoms with Crippen molar-refractivity contribution in [3.05, 3.63) is 47.7 Å². The molecule has 4 rings (SSSR count). The molecule has 128 valence electrons. The van der Waals surface area contributed by atoms with E-state index in [0.717, 1.165) is 22.6 Å². The number of anilines is 1. The largest absolute Gasteiger partial charge is 0.349 e. The smallest absolute Gasteiger partial charge is 0.258 e. The molecule has 0 N–H and O–H groups in total. The number of hydrogen-bond donors (Lipinski definition) is 0. The Morgan fingerprint density at radius 3 is 2.67 bits per heavy atom. The van der Waals surface area contributed by atoms with Gasteiger partial charge in [-0.05, 0) is 43.9 Å². The molecule has 2 aromatic rings. The molecule has 2 fully saturated rings. The van der Waals surface area contributed by atoms with Crippen molar-refractivity contribution in [2.24, 2.45) is 0 Å². The minimum absolute atomic E-state index is 0.254.